The fraction of sp³-hybridized carbons (Fsp3) is 0.350. The Balaban J connectivity index is 1.66. The third-order valence-electron chi connectivity index (χ3n) is 4.53. The summed E-state index contributed by atoms with van der Waals surface area (Å²) < 4.78 is 0. The van der Waals surface area contributed by atoms with Crippen LogP contribution in [0.3, 0.4) is 0 Å². The second-order valence-electron chi connectivity index (χ2n) is 6.56. The highest BCUT2D eigenvalue weighted by Crippen LogP contribution is 2.18. The average Bonchev–Trinajstić information content (AvgIpc) is 2.90. The number of nitrogens with one attached hydrogen (secondary N) is 2. The molecule has 136 valence electrons. The summed E-state index contributed by atoms with van der Waals surface area (Å²) in [5.74, 6) is -0.535. The van der Waals surface area contributed by atoms with Crippen molar-refractivity contribution in [1.29, 1.82) is 0 Å². The highest BCUT2D eigenvalue weighted by molar-refractivity contribution is 6.30. The maximum Gasteiger partial charge on any atom is 0.274 e. The van der Waals surface area contributed by atoms with Crippen molar-refractivity contribution in [2.75, 3.05) is 5.32 Å². The van der Waals surface area contributed by atoms with E-state index in [1.54, 1.807) is 30.3 Å². The summed E-state index contributed by atoms with van der Waals surface area (Å²) in [7, 11) is 0. The summed E-state index contributed by atoms with van der Waals surface area (Å²) in [5.41, 5.74) is 1.22. The van der Waals surface area contributed by atoms with E-state index in [9.17, 15) is 9.59 Å². The van der Waals surface area contributed by atoms with Gasteiger partial charge in [0.25, 0.3) is 11.8 Å². The topological polar surface area (TPSA) is 71.1 Å². The molecule has 0 spiro atoms. The molecular formula is C20H22ClN3O2. The van der Waals surface area contributed by atoms with E-state index in [-0.39, 0.29) is 23.6 Å². The Morgan fingerprint density at radius 1 is 1.00 bits per heavy atom. The van der Waals surface area contributed by atoms with E-state index < -0.39 is 0 Å². The highest BCUT2D eigenvalue weighted by Gasteiger charge is 2.17. The Morgan fingerprint density at radius 2 is 1.77 bits per heavy atom. The summed E-state index contributed by atoms with van der Waals surface area (Å²) in [6, 6.07) is 10.2. The van der Waals surface area contributed by atoms with Gasteiger partial charge in [0.2, 0.25) is 0 Å². The number of anilines is 1. The van der Waals surface area contributed by atoms with Crippen LogP contribution in [0.5, 0.6) is 0 Å². The number of carbonyl (C=O) groups excluding carboxylic acids is 2. The molecule has 0 saturated heterocycles. The standard InChI is InChI=1S/C20H22ClN3O2/c21-15-6-5-9-17(13-15)24-20(26)18-12-14(10-11-22-18)19(25)23-16-7-3-1-2-4-8-16/h5-6,9-13,16H,1-4,7-8H2,(H,23,25)(H,24,26). The molecular weight excluding hydrogens is 350 g/mol. The molecule has 6 heteroatoms. The van der Waals surface area contributed by atoms with E-state index >= 15 is 0 Å². The van der Waals surface area contributed by atoms with Gasteiger partial charge in [0.15, 0.2) is 0 Å². The first kappa shape index (κ1) is 18.4. The molecule has 1 aliphatic rings. The zero-order valence-corrected chi connectivity index (χ0v) is 15.3. The fourth-order valence-corrected chi connectivity index (χ4v) is 3.34. The molecule has 1 heterocycles. The normalized spacial score (nSPS) is 15.1. The van der Waals surface area contributed by atoms with Crippen molar-refractivity contribution in [3.05, 3.63) is 58.9 Å². The van der Waals surface area contributed by atoms with Gasteiger partial charge < -0.3 is 10.6 Å². The zero-order valence-electron chi connectivity index (χ0n) is 14.5. The van der Waals surface area contributed by atoms with Crippen LogP contribution in [0, 0.1) is 0 Å². The molecule has 0 unspecified atom stereocenters. The molecule has 1 aliphatic carbocycles. The molecule has 2 amide bonds. The Bertz CT molecular complexity index is 786. The van der Waals surface area contributed by atoms with Gasteiger partial charge in [0.1, 0.15) is 5.69 Å². The summed E-state index contributed by atoms with van der Waals surface area (Å²) >= 11 is 5.93. The van der Waals surface area contributed by atoms with Gasteiger partial charge in [-0.2, -0.15) is 0 Å². The number of hydrogen-bond acceptors (Lipinski definition) is 3. The molecule has 26 heavy (non-hydrogen) atoms. The predicted octanol–water partition coefficient (Wildman–Crippen LogP) is 4.44. The van der Waals surface area contributed by atoms with Crippen LogP contribution < -0.4 is 10.6 Å². The lowest BCUT2D eigenvalue weighted by atomic mass is 10.1. The third kappa shape index (κ3) is 5.05. The minimum Gasteiger partial charge on any atom is -0.349 e. The first-order valence-electron chi connectivity index (χ1n) is 8.95. The molecule has 1 saturated carbocycles. The molecule has 2 N–H and O–H groups in total. The van der Waals surface area contributed by atoms with E-state index in [1.165, 1.54) is 25.1 Å². The first-order valence-corrected chi connectivity index (χ1v) is 9.33. The van der Waals surface area contributed by atoms with Crippen LogP contribution in [0.1, 0.15) is 59.4 Å². The van der Waals surface area contributed by atoms with Crippen molar-refractivity contribution in [2.45, 2.75) is 44.6 Å². The summed E-state index contributed by atoms with van der Waals surface area (Å²) in [6.45, 7) is 0. The van der Waals surface area contributed by atoms with Gasteiger partial charge in [-0.25, -0.2) is 0 Å². The molecule has 0 atom stereocenters. The maximum absolute atomic E-state index is 12.5. The number of benzene rings is 1. The largest absolute Gasteiger partial charge is 0.349 e. The van der Waals surface area contributed by atoms with Gasteiger partial charge >= 0.3 is 0 Å². The predicted molar refractivity (Wildman–Crippen MR) is 103 cm³/mol. The smallest absolute Gasteiger partial charge is 0.274 e. The number of nitrogens with zero attached hydrogens (tertiary/aromatic N) is 1. The highest BCUT2D eigenvalue weighted by atomic mass is 35.5. The van der Waals surface area contributed by atoms with Gasteiger partial charge in [-0.3, -0.25) is 14.6 Å². The summed E-state index contributed by atoms with van der Waals surface area (Å²) in [6.07, 6.45) is 8.26. The quantitative estimate of drug-likeness (QED) is 0.780. The van der Waals surface area contributed by atoms with Crippen molar-refractivity contribution in [3.8, 4) is 0 Å². The number of rotatable bonds is 4. The Hall–Kier alpha value is -2.40. The Morgan fingerprint density at radius 3 is 2.50 bits per heavy atom. The minimum absolute atomic E-state index is 0.156. The van der Waals surface area contributed by atoms with Crippen LogP contribution in [0.4, 0.5) is 5.69 Å². The lowest BCUT2D eigenvalue weighted by Crippen LogP contribution is -2.34. The van der Waals surface area contributed by atoms with Gasteiger partial charge in [-0.1, -0.05) is 43.4 Å². The second-order valence-corrected chi connectivity index (χ2v) is 6.99. The lowest BCUT2D eigenvalue weighted by molar-refractivity contribution is 0.0933. The van der Waals surface area contributed by atoms with E-state index in [2.05, 4.69) is 15.6 Å². The summed E-state index contributed by atoms with van der Waals surface area (Å²) in [4.78, 5) is 29.0. The third-order valence-corrected chi connectivity index (χ3v) is 4.76. The second kappa shape index (κ2) is 8.81. The molecule has 2 aromatic rings. The fourth-order valence-electron chi connectivity index (χ4n) is 3.15. The van der Waals surface area contributed by atoms with Gasteiger partial charge in [0.05, 0.1) is 0 Å². The lowest BCUT2D eigenvalue weighted by Gasteiger charge is -2.16. The average molecular weight is 372 g/mol. The van der Waals surface area contributed by atoms with Crippen LogP contribution >= 0.6 is 11.6 Å². The van der Waals surface area contributed by atoms with Crippen LogP contribution in [0.25, 0.3) is 0 Å². The maximum atomic E-state index is 12.5. The molecule has 0 radical (unpaired) electrons. The van der Waals surface area contributed by atoms with Crippen molar-refractivity contribution >= 4 is 29.1 Å². The SMILES string of the molecule is O=C(NC1CCCCCC1)c1ccnc(C(=O)Nc2cccc(Cl)c2)c1. The Kier molecular flexibility index (Phi) is 6.23. The molecule has 5 nitrogen and oxygen atoms in total. The van der Waals surface area contributed by atoms with Crippen LogP contribution in [-0.4, -0.2) is 22.8 Å². The van der Waals surface area contributed by atoms with E-state index in [0.29, 0.717) is 16.3 Å². The summed E-state index contributed by atoms with van der Waals surface area (Å²) in [5, 5.41) is 6.35. The molecule has 0 bridgehead atoms. The monoisotopic (exact) mass is 371 g/mol. The minimum atomic E-state index is -0.378. The molecule has 1 fully saturated rings. The first-order chi connectivity index (χ1) is 12.6. The van der Waals surface area contributed by atoms with Gasteiger partial charge in [-0.05, 0) is 43.2 Å². The van der Waals surface area contributed by atoms with Crippen molar-refractivity contribution in [1.82, 2.24) is 10.3 Å². The number of carbonyl (C=O) groups is 2. The Labute approximate surface area is 158 Å². The number of halogens is 1. The van der Waals surface area contributed by atoms with E-state index in [4.69, 9.17) is 11.6 Å². The van der Waals surface area contributed by atoms with Crippen molar-refractivity contribution in [3.63, 3.8) is 0 Å². The van der Waals surface area contributed by atoms with E-state index in [0.717, 1.165) is 25.7 Å². The number of hydrogen-bond donors (Lipinski definition) is 2. The number of aromatic nitrogens is 1. The van der Waals surface area contributed by atoms with Crippen LogP contribution in [0.2, 0.25) is 5.02 Å². The van der Waals surface area contributed by atoms with Crippen LogP contribution in [0.15, 0.2) is 42.6 Å². The van der Waals surface area contributed by atoms with Gasteiger partial charge in [-0.15, -0.1) is 0 Å². The molecule has 3 rings (SSSR count). The molecule has 0 aliphatic heterocycles. The van der Waals surface area contributed by atoms with Crippen molar-refractivity contribution in [2.24, 2.45) is 0 Å². The van der Waals surface area contributed by atoms with Crippen molar-refractivity contribution < 1.29 is 9.59 Å². The number of pyridine rings is 1. The number of amides is 2. The van der Waals surface area contributed by atoms with E-state index in [1.807, 2.05) is 0 Å². The molecule has 1 aromatic carbocycles. The molecule has 1 aromatic heterocycles. The zero-order chi connectivity index (χ0) is 18.4. The van der Waals surface area contributed by atoms with Gasteiger partial charge in [0, 0.05) is 28.5 Å². The van der Waals surface area contributed by atoms with Crippen LogP contribution in [-0.2, 0) is 0 Å².